The van der Waals surface area contributed by atoms with Crippen molar-refractivity contribution in [1.82, 2.24) is 5.15 Å². The zero-order valence-corrected chi connectivity index (χ0v) is 8.45. The zero-order chi connectivity index (χ0) is 7.71. The van der Waals surface area contributed by atoms with Gasteiger partial charge in [0.05, 0.1) is 0 Å². The Labute approximate surface area is 63.8 Å². The fourth-order valence-corrected chi connectivity index (χ4v) is 0.503. The molecule has 4 heteroatoms. The molecule has 0 heterocycles. The van der Waals surface area contributed by atoms with Crippen LogP contribution in [-0.4, -0.2) is 18.9 Å². The van der Waals surface area contributed by atoms with Crippen LogP contribution >= 0.6 is 0 Å². The summed E-state index contributed by atoms with van der Waals surface area (Å²) >= 11 is 0. The Morgan fingerprint density at radius 1 is 1.20 bits per heavy atom. The van der Waals surface area contributed by atoms with E-state index in [1.807, 2.05) is 0 Å². The second-order valence-corrected chi connectivity index (χ2v) is 8.96. The number of nitrogens with one attached hydrogen (secondary N) is 1. The summed E-state index contributed by atoms with van der Waals surface area (Å²) in [5.41, 5.74) is 0. The molecule has 0 unspecified atom stereocenters. The summed E-state index contributed by atoms with van der Waals surface area (Å²) in [7, 11) is -1.57. The summed E-state index contributed by atoms with van der Waals surface area (Å²) in [6, 6.07) is 0. The van der Waals surface area contributed by atoms with Crippen molar-refractivity contribution in [2.24, 2.45) is 0 Å². The van der Waals surface area contributed by atoms with Crippen LogP contribution in [0.1, 0.15) is 20.8 Å². The van der Waals surface area contributed by atoms with Gasteiger partial charge in [0, 0.05) is 0 Å². The van der Waals surface area contributed by atoms with Gasteiger partial charge in [-0.3, -0.25) is 0 Å². The van der Waals surface area contributed by atoms with Crippen LogP contribution in [-0.2, 0) is 0 Å². The molecule has 0 aliphatic rings. The highest BCUT2D eigenvalue weighted by molar-refractivity contribution is 6.77. The Balaban J connectivity index is 0. The molecule has 0 rings (SSSR count). The summed E-state index contributed by atoms with van der Waals surface area (Å²) in [5, 5.41) is 11.4. The van der Waals surface area contributed by atoms with Gasteiger partial charge in [0.2, 0.25) is 0 Å². The zero-order valence-electron chi connectivity index (χ0n) is 7.45. The summed E-state index contributed by atoms with van der Waals surface area (Å²) in [6.45, 7) is 10.6. The van der Waals surface area contributed by atoms with Crippen LogP contribution in [0.15, 0.2) is 0 Å². The molecule has 0 aromatic carbocycles. The average molecular weight is 165 g/mol. The van der Waals surface area contributed by atoms with Crippen LogP contribution in [0.5, 0.6) is 0 Å². The third kappa shape index (κ3) is 2.79. The van der Waals surface area contributed by atoms with Gasteiger partial charge < -0.3 is 10.7 Å². The largest absolute Gasteiger partial charge is 0.412 e. The van der Waals surface area contributed by atoms with E-state index in [4.69, 9.17) is 5.21 Å². The first-order chi connectivity index (χ1) is 3.81. The Morgan fingerprint density at radius 3 is 1.50 bits per heavy atom. The SMILES string of the molecule is CC(C)(C)[Si](C)(C)NO.O. The van der Waals surface area contributed by atoms with Gasteiger partial charge in [-0.1, -0.05) is 33.9 Å². The van der Waals surface area contributed by atoms with Gasteiger partial charge in [-0.25, -0.2) is 5.15 Å². The Morgan fingerprint density at radius 2 is 1.50 bits per heavy atom. The molecule has 0 bridgehead atoms. The van der Waals surface area contributed by atoms with Gasteiger partial charge in [0.15, 0.2) is 8.24 Å². The molecular weight excluding hydrogens is 146 g/mol. The quantitative estimate of drug-likeness (QED) is 0.452. The van der Waals surface area contributed by atoms with Gasteiger partial charge in [-0.15, -0.1) is 0 Å². The minimum absolute atomic E-state index is 0. The summed E-state index contributed by atoms with van der Waals surface area (Å²) < 4.78 is 0. The molecule has 10 heavy (non-hydrogen) atoms. The van der Waals surface area contributed by atoms with Crippen LogP contribution in [0, 0.1) is 0 Å². The van der Waals surface area contributed by atoms with Gasteiger partial charge in [-0.2, -0.15) is 0 Å². The fraction of sp³-hybridized carbons (Fsp3) is 1.00. The number of rotatable bonds is 1. The van der Waals surface area contributed by atoms with E-state index >= 15 is 0 Å². The van der Waals surface area contributed by atoms with Gasteiger partial charge in [0.1, 0.15) is 0 Å². The Bertz CT molecular complexity index is 98.4. The summed E-state index contributed by atoms with van der Waals surface area (Å²) in [5.74, 6) is 0. The lowest BCUT2D eigenvalue weighted by atomic mass is 10.2. The summed E-state index contributed by atoms with van der Waals surface area (Å²) in [4.78, 5) is 0. The topological polar surface area (TPSA) is 63.8 Å². The highest BCUT2D eigenvalue weighted by atomic mass is 28.3. The van der Waals surface area contributed by atoms with Crippen molar-refractivity contribution in [2.45, 2.75) is 38.9 Å². The Kier molecular flexibility index (Phi) is 4.43. The summed E-state index contributed by atoms with van der Waals surface area (Å²) in [6.07, 6.45) is 0. The maximum Gasteiger partial charge on any atom is 0.155 e. The minimum atomic E-state index is -1.57. The highest BCUT2D eigenvalue weighted by Crippen LogP contribution is 2.32. The molecule has 64 valence electrons. The smallest absolute Gasteiger partial charge is 0.155 e. The Hall–Kier alpha value is 0.0969. The van der Waals surface area contributed by atoms with E-state index in [1.165, 1.54) is 0 Å². The van der Waals surface area contributed by atoms with Crippen molar-refractivity contribution >= 4 is 8.24 Å². The molecule has 0 saturated carbocycles. The van der Waals surface area contributed by atoms with Crippen molar-refractivity contribution in [3.8, 4) is 0 Å². The first-order valence-corrected chi connectivity index (χ1v) is 6.22. The number of hydrogen-bond acceptors (Lipinski definition) is 2. The molecule has 3 nitrogen and oxygen atoms in total. The maximum absolute atomic E-state index is 8.74. The molecule has 0 saturated heterocycles. The first-order valence-electron chi connectivity index (χ1n) is 3.22. The lowest BCUT2D eigenvalue weighted by Crippen LogP contribution is -2.50. The standard InChI is InChI=1S/C6H17NOSi.H2O/c1-6(2,3)9(4,5)7-8;/h7-8H,1-5H3;1H2. The highest BCUT2D eigenvalue weighted by Gasteiger charge is 2.34. The molecule has 4 N–H and O–H groups in total. The molecular formula is C6H19NO2Si. The fourth-order valence-electron chi connectivity index (χ4n) is 0.168. The van der Waals surface area contributed by atoms with E-state index in [1.54, 1.807) is 0 Å². The monoisotopic (exact) mass is 165 g/mol. The number of hydrogen-bond donors (Lipinski definition) is 2. The van der Waals surface area contributed by atoms with Gasteiger partial charge in [0.25, 0.3) is 0 Å². The van der Waals surface area contributed by atoms with Crippen molar-refractivity contribution in [3.63, 3.8) is 0 Å². The lowest BCUT2D eigenvalue weighted by molar-refractivity contribution is 0.230. The van der Waals surface area contributed by atoms with E-state index in [0.29, 0.717) is 0 Å². The molecule has 0 atom stereocenters. The van der Waals surface area contributed by atoms with Crippen molar-refractivity contribution in [2.75, 3.05) is 0 Å². The third-order valence-corrected chi connectivity index (χ3v) is 6.46. The predicted octanol–water partition coefficient (Wildman–Crippen LogP) is 1.15. The van der Waals surface area contributed by atoms with Crippen molar-refractivity contribution < 1.29 is 10.7 Å². The second-order valence-electron chi connectivity index (χ2n) is 3.99. The van der Waals surface area contributed by atoms with E-state index in [-0.39, 0.29) is 10.5 Å². The van der Waals surface area contributed by atoms with Gasteiger partial charge in [-0.05, 0) is 5.04 Å². The van der Waals surface area contributed by atoms with E-state index in [9.17, 15) is 0 Å². The molecule has 0 radical (unpaired) electrons. The lowest BCUT2D eigenvalue weighted by Gasteiger charge is -2.34. The molecule has 0 aliphatic heterocycles. The molecule has 0 aromatic heterocycles. The minimum Gasteiger partial charge on any atom is -0.412 e. The molecule has 0 amide bonds. The van der Waals surface area contributed by atoms with E-state index in [0.717, 1.165) is 0 Å². The van der Waals surface area contributed by atoms with Crippen LogP contribution in [0.2, 0.25) is 18.1 Å². The van der Waals surface area contributed by atoms with Gasteiger partial charge >= 0.3 is 0 Å². The predicted molar refractivity (Wildman–Crippen MR) is 45.7 cm³/mol. The molecule has 0 aromatic rings. The average Bonchev–Trinajstić information content (AvgIpc) is 1.64. The van der Waals surface area contributed by atoms with Crippen molar-refractivity contribution in [3.05, 3.63) is 0 Å². The van der Waals surface area contributed by atoms with E-state index in [2.05, 4.69) is 39.0 Å². The molecule has 0 aliphatic carbocycles. The third-order valence-electron chi connectivity index (χ3n) is 2.15. The first kappa shape index (κ1) is 12.7. The van der Waals surface area contributed by atoms with Crippen LogP contribution in [0.25, 0.3) is 0 Å². The van der Waals surface area contributed by atoms with Crippen LogP contribution in [0.4, 0.5) is 0 Å². The normalized spacial score (nSPS) is 12.6. The van der Waals surface area contributed by atoms with Crippen LogP contribution in [0.3, 0.4) is 0 Å². The second kappa shape index (κ2) is 3.48. The van der Waals surface area contributed by atoms with E-state index < -0.39 is 8.24 Å². The van der Waals surface area contributed by atoms with Crippen LogP contribution < -0.4 is 5.15 Å². The molecule has 0 fully saturated rings. The van der Waals surface area contributed by atoms with Crippen molar-refractivity contribution in [1.29, 1.82) is 0 Å². The molecule has 0 spiro atoms. The maximum atomic E-state index is 8.74.